The highest BCUT2D eigenvalue weighted by Crippen LogP contribution is 2.31. The van der Waals surface area contributed by atoms with Gasteiger partial charge in [-0.1, -0.05) is 6.42 Å². The zero-order chi connectivity index (χ0) is 7.73. The van der Waals surface area contributed by atoms with Crippen molar-refractivity contribution >= 4 is 24.8 Å². The van der Waals surface area contributed by atoms with Crippen LogP contribution in [0.15, 0.2) is 0 Å². The minimum absolute atomic E-state index is 0. The highest BCUT2D eigenvalue weighted by molar-refractivity contribution is 5.85. The van der Waals surface area contributed by atoms with Crippen molar-refractivity contribution in [1.82, 2.24) is 10.2 Å². The highest BCUT2D eigenvalue weighted by Gasteiger charge is 2.38. The molecule has 0 saturated carbocycles. The van der Waals surface area contributed by atoms with E-state index in [1.54, 1.807) is 0 Å². The molecule has 2 aliphatic rings. The van der Waals surface area contributed by atoms with E-state index in [0.29, 0.717) is 5.54 Å². The quantitative estimate of drug-likeness (QED) is 0.677. The fourth-order valence-corrected chi connectivity index (χ4v) is 2.50. The molecule has 2 nitrogen and oxygen atoms in total. The lowest BCUT2D eigenvalue weighted by Gasteiger charge is -2.42. The number of hydrogen-bond donors (Lipinski definition) is 1. The van der Waals surface area contributed by atoms with E-state index in [4.69, 9.17) is 0 Å². The Morgan fingerprint density at radius 3 is 2.46 bits per heavy atom. The molecule has 2 aliphatic heterocycles. The smallest absolute Gasteiger partial charge is 0.0342 e. The van der Waals surface area contributed by atoms with Crippen LogP contribution in [0.4, 0.5) is 0 Å². The number of halogens is 2. The van der Waals surface area contributed by atoms with E-state index < -0.39 is 0 Å². The fourth-order valence-electron chi connectivity index (χ4n) is 2.50. The van der Waals surface area contributed by atoms with Gasteiger partial charge < -0.3 is 5.32 Å². The van der Waals surface area contributed by atoms with Crippen LogP contribution in [-0.4, -0.2) is 37.1 Å². The number of nitrogens with zero attached hydrogens (tertiary/aromatic N) is 1. The van der Waals surface area contributed by atoms with Crippen molar-refractivity contribution in [2.24, 2.45) is 0 Å². The van der Waals surface area contributed by atoms with Gasteiger partial charge in [-0.3, -0.25) is 4.90 Å². The van der Waals surface area contributed by atoms with Gasteiger partial charge in [-0.25, -0.2) is 0 Å². The fraction of sp³-hybridized carbons (Fsp3) is 1.00. The summed E-state index contributed by atoms with van der Waals surface area (Å²) >= 11 is 0. The van der Waals surface area contributed by atoms with E-state index in [-0.39, 0.29) is 24.8 Å². The maximum atomic E-state index is 3.47. The van der Waals surface area contributed by atoms with Crippen LogP contribution in [0.1, 0.15) is 25.7 Å². The van der Waals surface area contributed by atoms with Crippen molar-refractivity contribution in [2.45, 2.75) is 31.2 Å². The molecule has 1 unspecified atom stereocenters. The lowest BCUT2D eigenvalue weighted by Crippen LogP contribution is -2.50. The van der Waals surface area contributed by atoms with Crippen LogP contribution in [-0.2, 0) is 0 Å². The number of nitrogens with one attached hydrogen (secondary N) is 1. The Morgan fingerprint density at radius 2 is 1.92 bits per heavy atom. The van der Waals surface area contributed by atoms with Gasteiger partial charge in [-0.15, -0.1) is 24.8 Å². The maximum Gasteiger partial charge on any atom is 0.0342 e. The second kappa shape index (κ2) is 5.40. The van der Waals surface area contributed by atoms with Crippen molar-refractivity contribution in [1.29, 1.82) is 0 Å². The van der Waals surface area contributed by atoms with Gasteiger partial charge in [0, 0.05) is 12.1 Å². The first-order chi connectivity index (χ1) is 5.33. The van der Waals surface area contributed by atoms with Crippen molar-refractivity contribution < 1.29 is 0 Å². The van der Waals surface area contributed by atoms with Crippen molar-refractivity contribution in [3.63, 3.8) is 0 Å². The zero-order valence-corrected chi connectivity index (χ0v) is 9.85. The van der Waals surface area contributed by atoms with Crippen LogP contribution >= 0.6 is 24.8 Å². The molecule has 2 fully saturated rings. The third kappa shape index (κ3) is 2.50. The Hall–Kier alpha value is 0.500. The Morgan fingerprint density at radius 1 is 1.15 bits per heavy atom. The Labute approximate surface area is 93.3 Å². The summed E-state index contributed by atoms with van der Waals surface area (Å²) in [4.78, 5) is 2.57. The third-order valence-electron chi connectivity index (χ3n) is 3.42. The summed E-state index contributed by atoms with van der Waals surface area (Å²) in [7, 11) is 2.28. The second-order valence-corrected chi connectivity index (χ2v) is 4.03. The molecule has 80 valence electrons. The molecule has 0 aromatic rings. The lowest BCUT2D eigenvalue weighted by molar-refractivity contribution is 0.0911. The molecule has 0 aliphatic carbocycles. The average molecular weight is 227 g/mol. The molecular weight excluding hydrogens is 207 g/mol. The molecule has 0 bridgehead atoms. The number of piperidine rings is 1. The normalized spacial score (nSPS) is 33.9. The van der Waals surface area contributed by atoms with Crippen LogP contribution in [0, 0.1) is 0 Å². The molecule has 1 spiro atoms. The lowest BCUT2D eigenvalue weighted by atomic mass is 9.86. The van der Waals surface area contributed by atoms with Gasteiger partial charge >= 0.3 is 0 Å². The Bertz CT molecular complexity index is 147. The summed E-state index contributed by atoms with van der Waals surface area (Å²) in [5.41, 5.74) is 0.554. The minimum Gasteiger partial charge on any atom is -0.315 e. The molecule has 4 heteroatoms. The topological polar surface area (TPSA) is 15.3 Å². The van der Waals surface area contributed by atoms with Gasteiger partial charge in [-0.05, 0) is 39.4 Å². The van der Waals surface area contributed by atoms with Crippen molar-refractivity contribution in [2.75, 3.05) is 26.7 Å². The summed E-state index contributed by atoms with van der Waals surface area (Å²) in [6.45, 7) is 3.76. The highest BCUT2D eigenvalue weighted by atomic mass is 35.5. The van der Waals surface area contributed by atoms with Gasteiger partial charge in [0.25, 0.3) is 0 Å². The molecule has 2 rings (SSSR count). The number of rotatable bonds is 0. The summed E-state index contributed by atoms with van der Waals surface area (Å²) in [5, 5.41) is 3.47. The van der Waals surface area contributed by atoms with Crippen molar-refractivity contribution in [3.05, 3.63) is 0 Å². The monoisotopic (exact) mass is 226 g/mol. The van der Waals surface area contributed by atoms with Gasteiger partial charge in [0.05, 0.1) is 0 Å². The summed E-state index contributed by atoms with van der Waals surface area (Å²) < 4.78 is 0. The molecule has 0 amide bonds. The van der Waals surface area contributed by atoms with Gasteiger partial charge in [0.2, 0.25) is 0 Å². The first-order valence-electron chi connectivity index (χ1n) is 4.75. The number of likely N-dealkylation sites (N-methyl/N-ethyl adjacent to an activating group) is 1. The molecule has 13 heavy (non-hydrogen) atoms. The van der Waals surface area contributed by atoms with E-state index in [2.05, 4.69) is 17.3 Å². The molecular formula is C9H20Cl2N2. The minimum atomic E-state index is 0. The molecule has 2 saturated heterocycles. The summed E-state index contributed by atoms with van der Waals surface area (Å²) in [5.74, 6) is 0. The average Bonchev–Trinajstić information content (AvgIpc) is 2.46. The SMILES string of the molecule is CN1CCCCC12CCNC2.Cl.Cl. The third-order valence-corrected chi connectivity index (χ3v) is 3.42. The van der Waals surface area contributed by atoms with Crippen molar-refractivity contribution in [3.8, 4) is 0 Å². The van der Waals surface area contributed by atoms with E-state index in [9.17, 15) is 0 Å². The van der Waals surface area contributed by atoms with E-state index >= 15 is 0 Å². The van der Waals surface area contributed by atoms with Crippen LogP contribution in [0.25, 0.3) is 0 Å². The standard InChI is InChI=1S/C9H18N2.2ClH/c1-11-7-3-2-4-9(11)5-6-10-8-9;;/h10H,2-8H2,1H3;2*1H. The predicted octanol–water partition coefficient (Wildman–Crippen LogP) is 1.68. The first kappa shape index (κ1) is 13.5. The largest absolute Gasteiger partial charge is 0.315 e. The van der Waals surface area contributed by atoms with Crippen LogP contribution < -0.4 is 5.32 Å². The second-order valence-electron chi connectivity index (χ2n) is 4.03. The molecule has 0 radical (unpaired) electrons. The number of hydrogen-bond acceptors (Lipinski definition) is 2. The zero-order valence-electron chi connectivity index (χ0n) is 8.21. The Balaban J connectivity index is 0.000000720. The van der Waals surface area contributed by atoms with E-state index in [1.165, 1.54) is 45.3 Å². The maximum absolute atomic E-state index is 3.47. The van der Waals surface area contributed by atoms with Gasteiger partial charge in [-0.2, -0.15) is 0 Å². The number of likely N-dealkylation sites (tertiary alicyclic amines) is 1. The molecule has 0 aromatic carbocycles. The molecule has 1 atom stereocenters. The van der Waals surface area contributed by atoms with Crippen LogP contribution in [0.2, 0.25) is 0 Å². The first-order valence-corrected chi connectivity index (χ1v) is 4.75. The van der Waals surface area contributed by atoms with Gasteiger partial charge in [0.15, 0.2) is 0 Å². The molecule has 0 aromatic heterocycles. The predicted molar refractivity (Wildman–Crippen MR) is 61.2 cm³/mol. The van der Waals surface area contributed by atoms with E-state index in [1.807, 2.05) is 0 Å². The van der Waals surface area contributed by atoms with Crippen LogP contribution in [0.5, 0.6) is 0 Å². The van der Waals surface area contributed by atoms with Gasteiger partial charge in [0.1, 0.15) is 0 Å². The summed E-state index contributed by atoms with van der Waals surface area (Å²) in [6, 6.07) is 0. The Kier molecular flexibility index (Phi) is 5.61. The van der Waals surface area contributed by atoms with Crippen LogP contribution in [0.3, 0.4) is 0 Å². The summed E-state index contributed by atoms with van der Waals surface area (Å²) in [6.07, 6.45) is 5.62. The van der Waals surface area contributed by atoms with E-state index in [0.717, 1.165) is 0 Å². The molecule has 2 heterocycles. The molecule has 1 N–H and O–H groups in total.